The third-order valence-corrected chi connectivity index (χ3v) is 2.88. The summed E-state index contributed by atoms with van der Waals surface area (Å²) in [5, 5.41) is 8.62. The van der Waals surface area contributed by atoms with E-state index in [1.807, 2.05) is 26.2 Å². The molecule has 3 heteroatoms. The zero-order chi connectivity index (χ0) is 11.3. The molecule has 1 aromatic rings. The number of nitrogens with zero attached hydrogens (tertiary/aromatic N) is 2. The van der Waals surface area contributed by atoms with Crippen molar-refractivity contribution in [2.24, 2.45) is 0 Å². The Bertz CT molecular complexity index is 355. The van der Waals surface area contributed by atoms with E-state index < -0.39 is 0 Å². The topological polar surface area (TPSA) is 27.0 Å². The fourth-order valence-corrected chi connectivity index (χ4v) is 2.06. The Hall–Kier alpha value is -0.850. The molecule has 80 valence electrons. The Labute approximate surface area is 99.6 Å². The summed E-state index contributed by atoms with van der Waals surface area (Å²) in [5.74, 6) is 0. The Morgan fingerprint density at radius 2 is 2.20 bits per heavy atom. The van der Waals surface area contributed by atoms with Crippen molar-refractivity contribution in [3.63, 3.8) is 0 Å². The molecule has 2 nitrogen and oxygen atoms in total. The highest BCUT2D eigenvalue weighted by Crippen LogP contribution is 2.25. The van der Waals surface area contributed by atoms with Gasteiger partial charge in [-0.05, 0) is 38.2 Å². The lowest BCUT2D eigenvalue weighted by Gasteiger charge is -2.24. The van der Waals surface area contributed by atoms with Gasteiger partial charge in [0.15, 0.2) is 0 Å². The van der Waals surface area contributed by atoms with E-state index in [1.54, 1.807) is 0 Å². The van der Waals surface area contributed by atoms with Crippen LogP contribution in [0.1, 0.15) is 24.4 Å². The first-order valence-corrected chi connectivity index (χ1v) is 5.73. The van der Waals surface area contributed by atoms with Crippen LogP contribution in [0.3, 0.4) is 0 Å². The highest BCUT2D eigenvalue weighted by molar-refractivity contribution is 9.10. The van der Waals surface area contributed by atoms with Crippen LogP contribution in [0, 0.1) is 11.3 Å². The van der Waals surface area contributed by atoms with Crippen LogP contribution in [0.15, 0.2) is 28.7 Å². The smallest absolute Gasteiger partial charge is 0.0622 e. The second-order valence-corrected chi connectivity index (χ2v) is 4.65. The average Bonchev–Trinajstić information content (AvgIpc) is 2.18. The lowest BCUT2D eigenvalue weighted by atomic mass is 10.0. The van der Waals surface area contributed by atoms with Crippen LogP contribution >= 0.6 is 15.9 Å². The van der Waals surface area contributed by atoms with Gasteiger partial charge in [-0.2, -0.15) is 5.26 Å². The molecular formula is C12H15BrN2. The molecule has 0 aromatic heterocycles. The summed E-state index contributed by atoms with van der Waals surface area (Å²) in [5.41, 5.74) is 1.25. The van der Waals surface area contributed by atoms with Gasteiger partial charge in [-0.3, -0.25) is 0 Å². The van der Waals surface area contributed by atoms with Crippen molar-refractivity contribution in [1.82, 2.24) is 4.90 Å². The fourth-order valence-electron chi connectivity index (χ4n) is 1.64. The van der Waals surface area contributed by atoms with E-state index in [1.165, 1.54) is 5.56 Å². The molecule has 0 saturated carbocycles. The number of halogens is 1. The zero-order valence-electron chi connectivity index (χ0n) is 9.07. The van der Waals surface area contributed by atoms with Crippen LogP contribution in [0.25, 0.3) is 0 Å². The molecule has 15 heavy (non-hydrogen) atoms. The molecule has 0 heterocycles. The number of hydrogen-bond donors (Lipinski definition) is 0. The number of hydrogen-bond acceptors (Lipinski definition) is 2. The summed E-state index contributed by atoms with van der Waals surface area (Å²) in [6.07, 6.45) is 1.47. The molecule has 1 atom stereocenters. The fraction of sp³-hybridized carbons (Fsp3) is 0.417. The van der Waals surface area contributed by atoms with Crippen molar-refractivity contribution in [3.05, 3.63) is 34.3 Å². The van der Waals surface area contributed by atoms with Crippen LogP contribution in [0.5, 0.6) is 0 Å². The Balaban J connectivity index is 2.84. The van der Waals surface area contributed by atoms with Gasteiger partial charge in [0.1, 0.15) is 0 Å². The molecule has 0 aliphatic carbocycles. The van der Waals surface area contributed by atoms with Crippen LogP contribution < -0.4 is 0 Å². The molecular weight excluding hydrogens is 252 g/mol. The Kier molecular flexibility index (Phi) is 4.80. The molecule has 1 rings (SSSR count). The van der Waals surface area contributed by atoms with E-state index in [-0.39, 0.29) is 0 Å². The molecule has 0 aliphatic rings. The van der Waals surface area contributed by atoms with E-state index in [0.717, 1.165) is 10.9 Å². The highest BCUT2D eigenvalue weighted by Gasteiger charge is 2.13. The zero-order valence-corrected chi connectivity index (χ0v) is 10.7. The van der Waals surface area contributed by atoms with E-state index in [0.29, 0.717) is 12.5 Å². The number of rotatable bonds is 4. The van der Waals surface area contributed by atoms with Crippen LogP contribution in [-0.2, 0) is 0 Å². The van der Waals surface area contributed by atoms with Crippen LogP contribution in [-0.4, -0.2) is 19.0 Å². The number of benzene rings is 1. The van der Waals surface area contributed by atoms with Crippen LogP contribution in [0.2, 0.25) is 0 Å². The molecule has 0 amide bonds. The van der Waals surface area contributed by atoms with Crippen molar-refractivity contribution in [3.8, 4) is 6.07 Å². The van der Waals surface area contributed by atoms with Gasteiger partial charge in [0.2, 0.25) is 0 Å². The first-order valence-electron chi connectivity index (χ1n) is 4.94. The third-order valence-electron chi connectivity index (χ3n) is 2.39. The molecule has 1 aromatic carbocycles. The van der Waals surface area contributed by atoms with Crippen molar-refractivity contribution in [2.75, 3.05) is 14.1 Å². The minimum Gasteiger partial charge on any atom is -0.302 e. The van der Waals surface area contributed by atoms with Crippen molar-refractivity contribution in [2.45, 2.75) is 18.9 Å². The molecule has 0 N–H and O–H groups in total. The highest BCUT2D eigenvalue weighted by atomic mass is 79.9. The van der Waals surface area contributed by atoms with Gasteiger partial charge in [0, 0.05) is 16.9 Å². The summed E-state index contributed by atoms with van der Waals surface area (Å²) < 4.78 is 1.09. The molecule has 0 fully saturated rings. The maximum absolute atomic E-state index is 8.62. The van der Waals surface area contributed by atoms with Gasteiger partial charge in [-0.15, -0.1) is 0 Å². The van der Waals surface area contributed by atoms with E-state index in [9.17, 15) is 0 Å². The molecule has 0 radical (unpaired) electrons. The van der Waals surface area contributed by atoms with Crippen LogP contribution in [0.4, 0.5) is 0 Å². The average molecular weight is 267 g/mol. The van der Waals surface area contributed by atoms with Crippen molar-refractivity contribution < 1.29 is 0 Å². The SMILES string of the molecule is CN(C)C(CCC#N)c1cccc(Br)c1. The van der Waals surface area contributed by atoms with Gasteiger partial charge in [0.05, 0.1) is 6.07 Å². The number of nitriles is 1. The summed E-state index contributed by atoms with van der Waals surface area (Å²) >= 11 is 3.46. The van der Waals surface area contributed by atoms with E-state index in [2.05, 4.69) is 39.0 Å². The van der Waals surface area contributed by atoms with Gasteiger partial charge in [-0.1, -0.05) is 28.1 Å². The maximum Gasteiger partial charge on any atom is 0.0622 e. The molecule has 0 spiro atoms. The Morgan fingerprint density at radius 1 is 1.47 bits per heavy atom. The lowest BCUT2D eigenvalue weighted by molar-refractivity contribution is 0.286. The lowest BCUT2D eigenvalue weighted by Crippen LogP contribution is -2.19. The first-order chi connectivity index (χ1) is 7.15. The predicted molar refractivity (Wildman–Crippen MR) is 65.4 cm³/mol. The molecule has 0 saturated heterocycles. The predicted octanol–water partition coefficient (Wildman–Crippen LogP) is 3.36. The second kappa shape index (κ2) is 5.89. The third kappa shape index (κ3) is 3.65. The normalized spacial score (nSPS) is 12.5. The van der Waals surface area contributed by atoms with E-state index >= 15 is 0 Å². The van der Waals surface area contributed by atoms with Gasteiger partial charge < -0.3 is 4.90 Å². The quantitative estimate of drug-likeness (QED) is 0.836. The van der Waals surface area contributed by atoms with Crippen molar-refractivity contribution >= 4 is 15.9 Å². The molecule has 0 aliphatic heterocycles. The first kappa shape index (κ1) is 12.2. The minimum atomic E-state index is 0.321. The standard InChI is InChI=1S/C12H15BrN2/c1-15(2)12(7-4-8-14)10-5-3-6-11(13)9-10/h3,5-6,9,12H,4,7H2,1-2H3. The van der Waals surface area contributed by atoms with Crippen molar-refractivity contribution in [1.29, 1.82) is 5.26 Å². The maximum atomic E-state index is 8.62. The van der Waals surface area contributed by atoms with E-state index in [4.69, 9.17) is 5.26 Å². The summed E-state index contributed by atoms with van der Waals surface area (Å²) in [6.45, 7) is 0. The summed E-state index contributed by atoms with van der Waals surface area (Å²) in [4.78, 5) is 2.15. The second-order valence-electron chi connectivity index (χ2n) is 3.73. The Morgan fingerprint density at radius 3 is 2.73 bits per heavy atom. The summed E-state index contributed by atoms with van der Waals surface area (Å²) in [6, 6.07) is 10.8. The monoisotopic (exact) mass is 266 g/mol. The van der Waals surface area contributed by atoms with Gasteiger partial charge in [0.25, 0.3) is 0 Å². The summed E-state index contributed by atoms with van der Waals surface area (Å²) in [7, 11) is 4.09. The van der Waals surface area contributed by atoms with Gasteiger partial charge in [-0.25, -0.2) is 0 Å². The largest absolute Gasteiger partial charge is 0.302 e. The minimum absolute atomic E-state index is 0.321. The molecule has 0 bridgehead atoms. The van der Waals surface area contributed by atoms with Gasteiger partial charge >= 0.3 is 0 Å². The molecule has 1 unspecified atom stereocenters.